The molecular weight excluding hydrogens is 364 g/mol. The molecule has 2 aromatic carbocycles. The highest BCUT2D eigenvalue weighted by Gasteiger charge is 2.21. The maximum atomic E-state index is 13.0. The van der Waals surface area contributed by atoms with Crippen molar-refractivity contribution in [3.63, 3.8) is 0 Å². The van der Waals surface area contributed by atoms with Crippen LogP contribution in [0, 0.1) is 0 Å². The summed E-state index contributed by atoms with van der Waals surface area (Å²) in [6, 6.07) is 22.7. The summed E-state index contributed by atoms with van der Waals surface area (Å²) in [5.41, 5.74) is 3.12. The summed E-state index contributed by atoms with van der Waals surface area (Å²) in [6.45, 7) is 1.82. The van der Waals surface area contributed by atoms with E-state index >= 15 is 0 Å². The van der Waals surface area contributed by atoms with E-state index in [0.29, 0.717) is 11.4 Å². The molecule has 5 nitrogen and oxygen atoms in total. The van der Waals surface area contributed by atoms with Crippen LogP contribution in [-0.2, 0) is 14.3 Å². The third kappa shape index (κ3) is 5.39. The van der Waals surface area contributed by atoms with Gasteiger partial charge in [0.15, 0.2) is 0 Å². The van der Waals surface area contributed by atoms with Crippen molar-refractivity contribution in [2.75, 3.05) is 18.1 Å². The van der Waals surface area contributed by atoms with Gasteiger partial charge in [-0.2, -0.15) is 0 Å². The summed E-state index contributed by atoms with van der Waals surface area (Å²) >= 11 is 0. The van der Waals surface area contributed by atoms with E-state index in [0.717, 1.165) is 11.1 Å². The lowest BCUT2D eigenvalue weighted by molar-refractivity contribution is -0.142. The molecule has 0 N–H and O–H groups in total. The second kappa shape index (κ2) is 9.99. The zero-order chi connectivity index (χ0) is 20.5. The zero-order valence-corrected chi connectivity index (χ0v) is 16.2. The number of pyridine rings is 1. The zero-order valence-electron chi connectivity index (χ0n) is 16.2. The number of amides is 1. The van der Waals surface area contributed by atoms with E-state index in [1.54, 1.807) is 25.3 Å². The normalized spacial score (nSPS) is 10.7. The van der Waals surface area contributed by atoms with Crippen molar-refractivity contribution in [3.05, 3.63) is 90.8 Å². The first-order valence-corrected chi connectivity index (χ1v) is 9.39. The third-order valence-electron chi connectivity index (χ3n) is 4.22. The maximum absolute atomic E-state index is 13.0. The molecule has 0 aliphatic heterocycles. The van der Waals surface area contributed by atoms with E-state index in [4.69, 9.17) is 4.74 Å². The minimum atomic E-state index is -0.463. The Labute approximate surface area is 170 Å². The topological polar surface area (TPSA) is 59.5 Å². The number of benzene rings is 2. The molecule has 0 bridgehead atoms. The fraction of sp³-hybridized carbons (Fsp3) is 0.125. The van der Waals surface area contributed by atoms with E-state index in [2.05, 4.69) is 4.98 Å². The highest BCUT2D eigenvalue weighted by atomic mass is 16.5. The second-order valence-electron chi connectivity index (χ2n) is 6.20. The molecule has 3 rings (SSSR count). The Morgan fingerprint density at radius 2 is 1.69 bits per heavy atom. The smallest absolute Gasteiger partial charge is 0.326 e. The molecule has 0 fully saturated rings. The number of nitrogens with zero attached hydrogens (tertiary/aromatic N) is 2. The summed E-state index contributed by atoms with van der Waals surface area (Å²) < 4.78 is 5.08. The lowest BCUT2D eigenvalue weighted by atomic mass is 10.0. The van der Waals surface area contributed by atoms with Crippen LogP contribution < -0.4 is 4.90 Å². The summed E-state index contributed by atoms with van der Waals surface area (Å²) in [5, 5.41) is 0. The van der Waals surface area contributed by atoms with Crippen LogP contribution in [0.15, 0.2) is 85.1 Å². The molecule has 1 aromatic heterocycles. The van der Waals surface area contributed by atoms with Gasteiger partial charge in [0.1, 0.15) is 6.54 Å². The highest BCUT2D eigenvalue weighted by Crippen LogP contribution is 2.31. The molecule has 3 aromatic rings. The summed E-state index contributed by atoms with van der Waals surface area (Å²) in [7, 11) is 0. The number of carbonyl (C=O) groups excluding carboxylic acids is 2. The molecule has 0 saturated heterocycles. The van der Waals surface area contributed by atoms with Crippen LogP contribution in [0.1, 0.15) is 12.6 Å². The molecule has 0 unspecified atom stereocenters. The molecule has 0 spiro atoms. The molecule has 0 atom stereocenters. The van der Waals surface area contributed by atoms with Crippen LogP contribution in [-0.4, -0.2) is 30.0 Å². The second-order valence-corrected chi connectivity index (χ2v) is 6.20. The van der Waals surface area contributed by atoms with E-state index in [1.165, 1.54) is 11.0 Å². The van der Waals surface area contributed by atoms with Gasteiger partial charge in [-0.25, -0.2) is 0 Å². The average Bonchev–Trinajstić information content (AvgIpc) is 2.77. The lowest BCUT2D eigenvalue weighted by Crippen LogP contribution is -2.35. The van der Waals surface area contributed by atoms with Crippen LogP contribution >= 0.6 is 0 Å². The molecule has 0 saturated carbocycles. The van der Waals surface area contributed by atoms with Crippen molar-refractivity contribution in [3.8, 4) is 11.1 Å². The maximum Gasteiger partial charge on any atom is 0.326 e. The minimum absolute atomic E-state index is 0.178. The van der Waals surface area contributed by atoms with Crippen LogP contribution in [0.25, 0.3) is 17.2 Å². The first-order valence-electron chi connectivity index (χ1n) is 9.39. The van der Waals surface area contributed by atoms with Gasteiger partial charge < -0.3 is 4.74 Å². The molecule has 146 valence electrons. The van der Waals surface area contributed by atoms with Crippen molar-refractivity contribution < 1.29 is 14.3 Å². The molecule has 0 radical (unpaired) electrons. The predicted octanol–water partition coefficient (Wildman–Crippen LogP) is 4.36. The summed E-state index contributed by atoms with van der Waals surface area (Å²) in [4.78, 5) is 30.9. The Hall–Kier alpha value is -3.73. The number of rotatable bonds is 7. The van der Waals surface area contributed by atoms with E-state index in [-0.39, 0.29) is 19.1 Å². The number of carbonyl (C=O) groups is 2. The van der Waals surface area contributed by atoms with Gasteiger partial charge in [0, 0.05) is 17.8 Å². The number of aromatic nitrogens is 1. The van der Waals surface area contributed by atoms with Gasteiger partial charge >= 0.3 is 5.97 Å². The van der Waals surface area contributed by atoms with Gasteiger partial charge in [-0.15, -0.1) is 0 Å². The molecular formula is C24H22N2O3. The average molecular weight is 386 g/mol. The Balaban J connectivity index is 1.97. The monoisotopic (exact) mass is 386 g/mol. The van der Waals surface area contributed by atoms with Crippen molar-refractivity contribution in [1.82, 2.24) is 4.98 Å². The Morgan fingerprint density at radius 3 is 2.41 bits per heavy atom. The van der Waals surface area contributed by atoms with Gasteiger partial charge in [-0.05, 0) is 36.8 Å². The van der Waals surface area contributed by atoms with Crippen molar-refractivity contribution in [2.45, 2.75) is 6.92 Å². The Bertz CT molecular complexity index is 985. The summed E-state index contributed by atoms with van der Waals surface area (Å²) in [5.74, 6) is -0.790. The highest BCUT2D eigenvalue weighted by molar-refractivity contribution is 6.08. The number of para-hydroxylation sites is 1. The van der Waals surface area contributed by atoms with Gasteiger partial charge in [0.2, 0.25) is 0 Å². The summed E-state index contributed by atoms with van der Waals surface area (Å²) in [6.07, 6.45) is 4.71. The number of hydrogen-bond donors (Lipinski definition) is 0. The van der Waals surface area contributed by atoms with Gasteiger partial charge in [0.25, 0.3) is 5.91 Å². The largest absolute Gasteiger partial charge is 0.465 e. The van der Waals surface area contributed by atoms with E-state index in [1.807, 2.05) is 66.7 Å². The van der Waals surface area contributed by atoms with Crippen molar-refractivity contribution in [1.29, 1.82) is 0 Å². The molecule has 5 heteroatoms. The van der Waals surface area contributed by atoms with Gasteiger partial charge in [-0.1, -0.05) is 54.6 Å². The predicted molar refractivity (Wildman–Crippen MR) is 114 cm³/mol. The molecule has 1 heterocycles. The third-order valence-corrected chi connectivity index (χ3v) is 4.22. The fourth-order valence-corrected chi connectivity index (χ4v) is 2.91. The van der Waals surface area contributed by atoms with Crippen molar-refractivity contribution >= 4 is 23.6 Å². The van der Waals surface area contributed by atoms with Crippen LogP contribution in [0.2, 0.25) is 0 Å². The van der Waals surface area contributed by atoms with E-state index < -0.39 is 5.97 Å². The fourth-order valence-electron chi connectivity index (χ4n) is 2.91. The van der Waals surface area contributed by atoms with Crippen LogP contribution in [0.5, 0.6) is 0 Å². The van der Waals surface area contributed by atoms with Crippen molar-refractivity contribution in [2.24, 2.45) is 0 Å². The van der Waals surface area contributed by atoms with Gasteiger partial charge in [0.05, 0.1) is 18.0 Å². The van der Waals surface area contributed by atoms with Crippen LogP contribution in [0.3, 0.4) is 0 Å². The minimum Gasteiger partial charge on any atom is -0.465 e. The standard InChI is InChI=1S/C24H22N2O3/c1-2-29-24(28)18-26(23(27)16-15-20-12-8-9-17-25-20)22-14-7-6-13-21(22)19-10-4-3-5-11-19/h3-17H,2,18H2,1H3/b16-15-. The molecule has 29 heavy (non-hydrogen) atoms. The number of ether oxygens (including phenoxy) is 1. The first kappa shape index (κ1) is 20.0. The van der Waals surface area contributed by atoms with Gasteiger partial charge in [-0.3, -0.25) is 19.5 Å². The quantitative estimate of drug-likeness (QED) is 0.447. The van der Waals surface area contributed by atoms with Crippen LogP contribution in [0.4, 0.5) is 5.69 Å². The first-order chi connectivity index (χ1) is 14.2. The Kier molecular flexibility index (Phi) is 6.90. The Morgan fingerprint density at radius 1 is 0.966 bits per heavy atom. The molecule has 0 aliphatic carbocycles. The number of anilines is 1. The van der Waals surface area contributed by atoms with E-state index in [9.17, 15) is 9.59 Å². The SMILES string of the molecule is CCOC(=O)CN(C(=O)/C=C\c1ccccn1)c1ccccc1-c1ccccc1. The number of hydrogen-bond acceptors (Lipinski definition) is 4. The molecule has 1 amide bonds. The number of esters is 1. The molecule has 0 aliphatic rings. The lowest BCUT2D eigenvalue weighted by Gasteiger charge is -2.23.